The van der Waals surface area contributed by atoms with Gasteiger partial charge in [-0.3, -0.25) is 14.4 Å². The average Bonchev–Trinajstić information content (AvgIpc) is 3.44. The first-order valence-corrected chi connectivity index (χ1v) is 11.4. The van der Waals surface area contributed by atoms with Gasteiger partial charge in [0.05, 0.1) is 12.1 Å². The van der Waals surface area contributed by atoms with Crippen molar-refractivity contribution in [1.82, 2.24) is 14.7 Å². The highest BCUT2D eigenvalue weighted by Crippen LogP contribution is 2.38. The van der Waals surface area contributed by atoms with E-state index in [2.05, 4.69) is 0 Å². The van der Waals surface area contributed by atoms with Crippen LogP contribution in [0.15, 0.2) is 48.5 Å². The molecule has 0 aromatic heterocycles. The van der Waals surface area contributed by atoms with Crippen molar-refractivity contribution in [3.05, 3.63) is 59.7 Å². The van der Waals surface area contributed by atoms with Crippen molar-refractivity contribution >= 4 is 23.8 Å². The second-order valence-corrected chi connectivity index (χ2v) is 8.58. The molecule has 9 nitrogen and oxygen atoms in total. The number of fused-ring (bicyclic) bond motifs is 1. The Hall–Kier alpha value is -3.88. The minimum Gasteiger partial charge on any atom is -0.486 e. The molecule has 5 amide bonds. The lowest BCUT2D eigenvalue weighted by molar-refractivity contribution is -0.145. The molecule has 9 heteroatoms. The Kier molecular flexibility index (Phi) is 5.69. The third-order valence-electron chi connectivity index (χ3n) is 6.57. The zero-order chi connectivity index (χ0) is 23.8. The number of benzene rings is 2. The lowest BCUT2D eigenvalue weighted by atomic mass is 10.0. The van der Waals surface area contributed by atoms with Gasteiger partial charge in [0.1, 0.15) is 19.8 Å². The van der Waals surface area contributed by atoms with Gasteiger partial charge in [-0.05, 0) is 43.0 Å². The van der Waals surface area contributed by atoms with Crippen molar-refractivity contribution in [1.29, 1.82) is 0 Å². The molecule has 3 heterocycles. The van der Waals surface area contributed by atoms with E-state index in [1.165, 1.54) is 0 Å². The van der Waals surface area contributed by atoms with Crippen molar-refractivity contribution in [2.24, 2.45) is 0 Å². The molecule has 176 valence electrons. The minimum absolute atomic E-state index is 0.203. The van der Waals surface area contributed by atoms with Crippen LogP contribution in [-0.2, 0) is 14.4 Å². The molecule has 2 saturated heterocycles. The Morgan fingerprint density at radius 3 is 2.50 bits per heavy atom. The fourth-order valence-corrected chi connectivity index (χ4v) is 4.79. The number of urea groups is 1. The summed E-state index contributed by atoms with van der Waals surface area (Å²) in [4.78, 5) is 54.8. The molecule has 2 fully saturated rings. The molecule has 0 saturated carbocycles. The molecule has 2 aromatic carbocycles. The number of imide groups is 2. The number of amides is 5. The lowest BCUT2D eigenvalue weighted by Crippen LogP contribution is -2.43. The molecule has 0 bridgehead atoms. The van der Waals surface area contributed by atoms with E-state index in [1.807, 2.05) is 24.3 Å². The molecule has 2 aromatic rings. The summed E-state index contributed by atoms with van der Waals surface area (Å²) in [5.41, 5.74) is 1.63. The third-order valence-corrected chi connectivity index (χ3v) is 6.57. The van der Waals surface area contributed by atoms with E-state index in [-0.39, 0.29) is 11.9 Å². The molecule has 0 spiro atoms. The first kappa shape index (κ1) is 21.9. The van der Waals surface area contributed by atoms with Crippen LogP contribution in [0, 0.1) is 0 Å². The molecule has 2 atom stereocenters. The Balaban J connectivity index is 1.32. The fourth-order valence-electron chi connectivity index (χ4n) is 4.79. The maximum atomic E-state index is 13.2. The third kappa shape index (κ3) is 3.76. The Morgan fingerprint density at radius 2 is 1.74 bits per heavy atom. The van der Waals surface area contributed by atoms with E-state index in [1.54, 1.807) is 36.1 Å². The van der Waals surface area contributed by atoms with Crippen molar-refractivity contribution in [2.45, 2.75) is 31.8 Å². The molecule has 3 aliphatic rings. The molecule has 0 aliphatic carbocycles. The first-order valence-electron chi connectivity index (χ1n) is 11.4. The summed E-state index contributed by atoms with van der Waals surface area (Å²) in [6.45, 7) is 2.68. The summed E-state index contributed by atoms with van der Waals surface area (Å²) in [7, 11) is 0. The van der Waals surface area contributed by atoms with Crippen LogP contribution in [0.5, 0.6) is 11.5 Å². The molecule has 0 radical (unpaired) electrons. The maximum absolute atomic E-state index is 13.2. The average molecular weight is 463 g/mol. The maximum Gasteiger partial charge on any atom is 0.335 e. The van der Waals surface area contributed by atoms with Crippen LogP contribution < -0.4 is 9.47 Å². The standard InChI is InChI=1S/C25H25N3O6/c1-16(17-6-3-2-4-7-17)28-24(31)23(30)27(25(28)32)15-22(29)26-11-5-8-19(26)18-9-10-20-21(14-18)34-13-12-33-20/h2-4,6-7,9-10,14,16,19H,5,8,11-13,15H2,1H3. The van der Waals surface area contributed by atoms with E-state index in [0.29, 0.717) is 31.3 Å². The second-order valence-electron chi connectivity index (χ2n) is 8.58. The predicted octanol–water partition coefficient (Wildman–Crippen LogP) is 2.67. The summed E-state index contributed by atoms with van der Waals surface area (Å²) >= 11 is 0. The zero-order valence-electron chi connectivity index (χ0n) is 18.8. The van der Waals surface area contributed by atoms with Crippen LogP contribution in [0.2, 0.25) is 0 Å². The number of nitrogens with zero attached hydrogens (tertiary/aromatic N) is 3. The van der Waals surface area contributed by atoms with Crippen LogP contribution >= 0.6 is 0 Å². The monoisotopic (exact) mass is 463 g/mol. The second kappa shape index (κ2) is 8.81. The van der Waals surface area contributed by atoms with E-state index in [4.69, 9.17) is 9.47 Å². The summed E-state index contributed by atoms with van der Waals surface area (Å²) < 4.78 is 11.2. The summed E-state index contributed by atoms with van der Waals surface area (Å²) in [6, 6.07) is 13.0. The summed E-state index contributed by atoms with van der Waals surface area (Å²) in [5, 5.41) is 0. The number of likely N-dealkylation sites (tertiary alicyclic amines) is 1. The first-order chi connectivity index (χ1) is 16.5. The van der Waals surface area contributed by atoms with Gasteiger partial charge in [0, 0.05) is 6.54 Å². The van der Waals surface area contributed by atoms with Gasteiger partial charge in [-0.25, -0.2) is 14.6 Å². The Bertz CT molecular complexity index is 1150. The SMILES string of the molecule is CC(c1ccccc1)N1C(=O)C(=O)N(CC(=O)N2CCCC2c2ccc3c(c2)OCCO3)C1=O. The highest BCUT2D eigenvalue weighted by atomic mass is 16.6. The van der Waals surface area contributed by atoms with Gasteiger partial charge in [-0.15, -0.1) is 0 Å². The smallest absolute Gasteiger partial charge is 0.335 e. The minimum atomic E-state index is -0.976. The number of carbonyl (C=O) groups excluding carboxylic acids is 4. The van der Waals surface area contributed by atoms with Crippen LogP contribution in [0.4, 0.5) is 4.79 Å². The Morgan fingerprint density at radius 1 is 1.00 bits per heavy atom. The number of hydrogen-bond acceptors (Lipinski definition) is 6. The molecular weight excluding hydrogens is 438 g/mol. The highest BCUT2D eigenvalue weighted by molar-refractivity contribution is 6.45. The molecule has 2 unspecified atom stereocenters. The number of ether oxygens (including phenoxy) is 2. The van der Waals surface area contributed by atoms with Gasteiger partial charge >= 0.3 is 17.8 Å². The molecule has 34 heavy (non-hydrogen) atoms. The van der Waals surface area contributed by atoms with Gasteiger partial charge in [0.2, 0.25) is 5.91 Å². The largest absolute Gasteiger partial charge is 0.486 e. The Labute approximate surface area is 196 Å². The zero-order valence-corrected chi connectivity index (χ0v) is 18.8. The number of carbonyl (C=O) groups is 4. The summed E-state index contributed by atoms with van der Waals surface area (Å²) in [6.07, 6.45) is 1.55. The molecule has 5 rings (SSSR count). The number of rotatable bonds is 5. The van der Waals surface area contributed by atoms with Crippen molar-refractivity contribution < 1.29 is 28.7 Å². The fraction of sp³-hybridized carbons (Fsp3) is 0.360. The van der Waals surface area contributed by atoms with Gasteiger partial charge in [-0.1, -0.05) is 36.4 Å². The van der Waals surface area contributed by atoms with Crippen LogP contribution in [-0.4, -0.2) is 64.8 Å². The molecule has 3 aliphatic heterocycles. The summed E-state index contributed by atoms with van der Waals surface area (Å²) in [5.74, 6) is -0.953. The topological polar surface area (TPSA) is 96.5 Å². The van der Waals surface area contributed by atoms with Crippen molar-refractivity contribution in [3.63, 3.8) is 0 Å². The van der Waals surface area contributed by atoms with Gasteiger partial charge in [-0.2, -0.15) is 0 Å². The lowest BCUT2D eigenvalue weighted by Gasteiger charge is -2.28. The van der Waals surface area contributed by atoms with Gasteiger partial charge in [0.25, 0.3) is 0 Å². The highest BCUT2D eigenvalue weighted by Gasteiger charge is 2.48. The van der Waals surface area contributed by atoms with Crippen LogP contribution in [0.3, 0.4) is 0 Å². The molecular formula is C25H25N3O6. The van der Waals surface area contributed by atoms with Gasteiger partial charge in [0.15, 0.2) is 11.5 Å². The normalized spacial score (nSPS) is 20.8. The van der Waals surface area contributed by atoms with E-state index < -0.39 is 30.4 Å². The van der Waals surface area contributed by atoms with E-state index in [0.717, 1.165) is 33.8 Å². The van der Waals surface area contributed by atoms with Crippen molar-refractivity contribution in [2.75, 3.05) is 26.3 Å². The predicted molar refractivity (Wildman–Crippen MR) is 120 cm³/mol. The van der Waals surface area contributed by atoms with E-state index >= 15 is 0 Å². The molecule has 0 N–H and O–H groups in total. The quantitative estimate of drug-likeness (QED) is 0.500. The van der Waals surface area contributed by atoms with Gasteiger partial charge < -0.3 is 14.4 Å². The van der Waals surface area contributed by atoms with E-state index in [9.17, 15) is 19.2 Å². The van der Waals surface area contributed by atoms with Crippen LogP contribution in [0.25, 0.3) is 0 Å². The van der Waals surface area contributed by atoms with Crippen molar-refractivity contribution in [3.8, 4) is 11.5 Å². The van der Waals surface area contributed by atoms with Crippen LogP contribution in [0.1, 0.15) is 43.0 Å². The number of hydrogen-bond donors (Lipinski definition) is 0.